The summed E-state index contributed by atoms with van der Waals surface area (Å²) in [5.74, 6) is 1.08. The van der Waals surface area contributed by atoms with Crippen LogP contribution in [0.5, 0.6) is 5.75 Å². The van der Waals surface area contributed by atoms with E-state index in [9.17, 15) is 4.79 Å². The van der Waals surface area contributed by atoms with E-state index in [0.29, 0.717) is 19.2 Å². The van der Waals surface area contributed by atoms with E-state index in [1.165, 1.54) is 5.56 Å². The number of rotatable bonds is 5. The number of carbonyl (C=O) groups excluding carboxylic acids is 1. The molecule has 0 fully saturated rings. The Hall–Kier alpha value is -0.530. The van der Waals surface area contributed by atoms with Gasteiger partial charge in [-0.1, -0.05) is 18.2 Å². The largest absolute Gasteiger partial charge is 0.494 e. The summed E-state index contributed by atoms with van der Waals surface area (Å²) < 4.78 is 7.73. The summed E-state index contributed by atoms with van der Waals surface area (Å²) in [6.07, 6.45) is 2.95. The van der Waals surface area contributed by atoms with Gasteiger partial charge in [0.25, 0.3) is 0 Å². The molecule has 0 N–H and O–H groups in total. The molecule has 2 rings (SSSR count). The molecule has 0 aliphatic carbocycles. The van der Waals surface area contributed by atoms with Gasteiger partial charge in [0.1, 0.15) is 5.75 Å². The summed E-state index contributed by atoms with van der Waals surface area (Å²) in [7, 11) is 1.66. The first-order valence-electron chi connectivity index (χ1n) is 6.63. The van der Waals surface area contributed by atoms with Crippen LogP contribution < -0.4 is 4.74 Å². The maximum atomic E-state index is 11.5. The zero-order valence-corrected chi connectivity index (χ0v) is 14.6. The van der Waals surface area contributed by atoms with Gasteiger partial charge in [-0.25, -0.2) is 4.31 Å². The monoisotopic (exact) mass is 403 g/mol. The number of hydrogen-bond donors (Lipinski definition) is 0. The highest BCUT2D eigenvalue weighted by molar-refractivity contribution is 14.2. The number of ketones is 1. The maximum Gasteiger partial charge on any atom is 0.156 e. The van der Waals surface area contributed by atoms with Crippen molar-refractivity contribution in [1.82, 2.24) is 4.31 Å². The second-order valence-corrected chi connectivity index (χ2v) is 6.47. The molecule has 0 aromatic heterocycles. The van der Waals surface area contributed by atoms with Crippen LogP contribution in [0.1, 0.15) is 31.9 Å². The quantitative estimate of drug-likeness (QED) is 0.540. The van der Waals surface area contributed by atoms with Gasteiger partial charge in [-0.15, -0.1) is 0 Å². The third-order valence-corrected chi connectivity index (χ3v) is 5.46. The summed E-state index contributed by atoms with van der Waals surface area (Å²) in [5.41, 5.74) is 2.17. The Kier molecular flexibility index (Phi) is 5.92. The highest BCUT2D eigenvalue weighted by Gasteiger charge is 2.26. The number of carbonyl (C=O) groups is 1. The Morgan fingerprint density at radius 2 is 2.15 bits per heavy atom. The normalized spacial score (nSPS) is 19.6. The molecule has 5 heteroatoms. The molecule has 0 spiro atoms. The van der Waals surface area contributed by atoms with Gasteiger partial charge in [0.05, 0.1) is 6.61 Å². The van der Waals surface area contributed by atoms with Crippen molar-refractivity contribution in [3.8, 4) is 5.75 Å². The molecule has 0 saturated carbocycles. The van der Waals surface area contributed by atoms with E-state index in [-0.39, 0.29) is 5.78 Å². The first-order valence-corrected chi connectivity index (χ1v) is 9.95. The van der Waals surface area contributed by atoms with Gasteiger partial charge in [-0.3, -0.25) is 4.79 Å². The molecule has 0 bridgehead atoms. The van der Waals surface area contributed by atoms with E-state index in [1.54, 1.807) is 16.0 Å². The van der Waals surface area contributed by atoms with Crippen molar-refractivity contribution >= 4 is 36.1 Å². The van der Waals surface area contributed by atoms with E-state index in [4.69, 9.17) is 4.74 Å². The van der Waals surface area contributed by atoms with Crippen molar-refractivity contribution < 1.29 is 9.53 Å². The van der Waals surface area contributed by atoms with Crippen molar-refractivity contribution in [1.29, 1.82) is 0 Å². The second-order valence-electron chi connectivity index (χ2n) is 4.68. The van der Waals surface area contributed by atoms with Gasteiger partial charge in [0.15, 0.2) is 5.78 Å². The van der Waals surface area contributed by atoms with Crippen molar-refractivity contribution in [3.63, 3.8) is 0 Å². The summed E-state index contributed by atoms with van der Waals surface area (Å²) >= 11 is 2.28. The van der Waals surface area contributed by atoms with Crippen LogP contribution in [0.25, 0.3) is 0 Å². The molecule has 1 unspecified atom stereocenters. The average Bonchev–Trinajstić information content (AvgIpc) is 2.47. The standard InChI is InChI=1S/C15H18INO2S/c1-3-19-14-7-4-12(5-8-14)15-9-6-13(11(2)18)10-17(15)20-16/h4-8,15H,3,9-10H2,1-2H3. The van der Waals surface area contributed by atoms with Crippen LogP contribution >= 0.6 is 30.3 Å². The van der Waals surface area contributed by atoms with Crippen LogP contribution in [-0.4, -0.2) is 23.2 Å². The Morgan fingerprint density at radius 3 is 2.70 bits per heavy atom. The fourth-order valence-electron chi connectivity index (χ4n) is 2.30. The number of hydrogen-bond acceptors (Lipinski definition) is 4. The Balaban J connectivity index is 2.16. The molecule has 20 heavy (non-hydrogen) atoms. The smallest absolute Gasteiger partial charge is 0.156 e. The lowest BCUT2D eigenvalue weighted by molar-refractivity contribution is -0.113. The van der Waals surface area contributed by atoms with Gasteiger partial charge in [0.2, 0.25) is 0 Å². The number of nitrogens with zero attached hydrogens (tertiary/aromatic N) is 1. The van der Waals surface area contributed by atoms with E-state index >= 15 is 0 Å². The van der Waals surface area contributed by atoms with Crippen molar-refractivity contribution in [2.45, 2.75) is 26.3 Å². The van der Waals surface area contributed by atoms with E-state index < -0.39 is 0 Å². The Labute approximate surface area is 136 Å². The van der Waals surface area contributed by atoms with Crippen LogP contribution in [0.15, 0.2) is 35.9 Å². The Bertz CT molecular complexity index is 501. The molecular formula is C15H18INO2S. The average molecular weight is 403 g/mol. The van der Waals surface area contributed by atoms with Gasteiger partial charge < -0.3 is 4.74 Å². The number of halogens is 1. The van der Waals surface area contributed by atoms with E-state index in [0.717, 1.165) is 17.7 Å². The van der Waals surface area contributed by atoms with Crippen LogP contribution in [0.2, 0.25) is 0 Å². The molecule has 1 atom stereocenters. The first kappa shape index (κ1) is 15.9. The highest BCUT2D eigenvalue weighted by Crippen LogP contribution is 2.38. The lowest BCUT2D eigenvalue weighted by atomic mass is 9.97. The lowest BCUT2D eigenvalue weighted by Gasteiger charge is -2.32. The zero-order valence-electron chi connectivity index (χ0n) is 11.6. The summed E-state index contributed by atoms with van der Waals surface area (Å²) in [6.45, 7) is 5.01. The molecule has 1 aliphatic heterocycles. The van der Waals surface area contributed by atoms with Crippen LogP contribution in [0.3, 0.4) is 0 Å². The molecule has 0 radical (unpaired) electrons. The molecule has 1 aromatic carbocycles. The third kappa shape index (κ3) is 3.77. The van der Waals surface area contributed by atoms with Gasteiger partial charge in [-0.2, -0.15) is 0 Å². The molecule has 0 saturated heterocycles. The lowest BCUT2D eigenvalue weighted by Crippen LogP contribution is -2.28. The predicted octanol–water partition coefficient (Wildman–Crippen LogP) is 4.35. The minimum Gasteiger partial charge on any atom is -0.494 e. The van der Waals surface area contributed by atoms with Gasteiger partial charge in [0, 0.05) is 39.4 Å². The minimum absolute atomic E-state index is 0.172. The highest BCUT2D eigenvalue weighted by atomic mass is 127. The SMILES string of the molecule is CCOc1ccc(C2CC=C(C(C)=O)CN2SI)cc1. The molecule has 1 heterocycles. The molecule has 1 aromatic rings. The fraction of sp³-hybridized carbons (Fsp3) is 0.400. The van der Waals surface area contributed by atoms with Crippen LogP contribution in [0, 0.1) is 0 Å². The summed E-state index contributed by atoms with van der Waals surface area (Å²) in [6, 6.07) is 8.57. The topological polar surface area (TPSA) is 29.5 Å². The number of benzene rings is 1. The third-order valence-electron chi connectivity index (χ3n) is 3.38. The number of ether oxygens (including phenoxy) is 1. The van der Waals surface area contributed by atoms with E-state index in [1.807, 2.05) is 19.1 Å². The fourth-order valence-corrected chi connectivity index (χ4v) is 4.03. The van der Waals surface area contributed by atoms with E-state index in [2.05, 4.69) is 43.7 Å². The van der Waals surface area contributed by atoms with Gasteiger partial charge >= 0.3 is 0 Å². The van der Waals surface area contributed by atoms with Crippen molar-refractivity contribution in [3.05, 3.63) is 41.5 Å². The second kappa shape index (κ2) is 7.47. The number of Topliss-reactive ketones (excluding diaryl/α,β-unsaturated/α-hetero) is 1. The molecule has 108 valence electrons. The van der Waals surface area contributed by atoms with Crippen molar-refractivity contribution in [2.24, 2.45) is 0 Å². The summed E-state index contributed by atoms with van der Waals surface area (Å²) in [5, 5.41) is 0. The first-order chi connectivity index (χ1) is 9.65. The molecular weight excluding hydrogens is 385 g/mol. The van der Waals surface area contributed by atoms with Crippen molar-refractivity contribution in [2.75, 3.05) is 13.2 Å². The maximum absolute atomic E-state index is 11.5. The summed E-state index contributed by atoms with van der Waals surface area (Å²) in [4.78, 5) is 11.5. The van der Waals surface area contributed by atoms with Crippen LogP contribution in [0.4, 0.5) is 0 Å². The Morgan fingerprint density at radius 1 is 1.45 bits per heavy atom. The molecule has 1 aliphatic rings. The zero-order chi connectivity index (χ0) is 14.5. The minimum atomic E-state index is 0.172. The van der Waals surface area contributed by atoms with Crippen LogP contribution in [-0.2, 0) is 4.79 Å². The van der Waals surface area contributed by atoms with Gasteiger partial charge in [-0.05, 0) is 47.1 Å². The molecule has 3 nitrogen and oxygen atoms in total. The predicted molar refractivity (Wildman–Crippen MR) is 92.1 cm³/mol. The molecule has 0 amide bonds.